The second-order valence-corrected chi connectivity index (χ2v) is 7.20. The SMILES string of the molecule is CCNC(=O)Nc1nc2c(/C(=N/O)C3CCCC3)cc(-c3cccnc3)cc2[nH]1. The van der Waals surface area contributed by atoms with E-state index in [2.05, 4.69) is 30.7 Å². The lowest BCUT2D eigenvalue weighted by atomic mass is 9.92. The molecule has 150 valence electrons. The molecule has 1 saturated carbocycles. The predicted octanol–water partition coefficient (Wildman–Crippen LogP) is 4.13. The molecule has 0 spiro atoms. The molecule has 4 rings (SSSR count). The number of fused-ring (bicyclic) bond motifs is 1. The standard InChI is InChI=1S/C21H24N6O2/c1-2-23-21(28)26-20-24-17-11-15(14-8-5-9-22-12-14)10-16(19(17)25-20)18(27-29)13-6-3-4-7-13/h5,8-13,29H,2-4,6-7H2,1H3,(H3,23,24,25,26,28)/b27-18+. The number of carbonyl (C=O) groups excluding carboxylic acids is 1. The van der Waals surface area contributed by atoms with Crippen molar-refractivity contribution < 1.29 is 10.0 Å². The summed E-state index contributed by atoms with van der Waals surface area (Å²) in [6.07, 6.45) is 7.76. The van der Waals surface area contributed by atoms with E-state index < -0.39 is 0 Å². The minimum absolute atomic E-state index is 0.198. The van der Waals surface area contributed by atoms with Gasteiger partial charge in [0.1, 0.15) is 0 Å². The summed E-state index contributed by atoms with van der Waals surface area (Å²) >= 11 is 0. The average molecular weight is 392 g/mol. The van der Waals surface area contributed by atoms with E-state index in [0.717, 1.165) is 47.9 Å². The van der Waals surface area contributed by atoms with Crippen molar-refractivity contribution in [1.29, 1.82) is 0 Å². The van der Waals surface area contributed by atoms with Crippen molar-refractivity contribution in [2.45, 2.75) is 32.6 Å². The molecule has 1 fully saturated rings. The van der Waals surface area contributed by atoms with Gasteiger partial charge in [-0.25, -0.2) is 9.78 Å². The Morgan fingerprint density at radius 3 is 2.83 bits per heavy atom. The Morgan fingerprint density at radius 2 is 2.14 bits per heavy atom. The van der Waals surface area contributed by atoms with Crippen LogP contribution in [0.25, 0.3) is 22.2 Å². The quantitative estimate of drug-likeness (QED) is 0.297. The van der Waals surface area contributed by atoms with E-state index >= 15 is 0 Å². The molecule has 0 aliphatic heterocycles. The fourth-order valence-corrected chi connectivity index (χ4v) is 3.94. The number of aromatic amines is 1. The van der Waals surface area contributed by atoms with E-state index in [9.17, 15) is 10.0 Å². The maximum atomic E-state index is 11.9. The number of aromatic nitrogens is 3. The first-order valence-corrected chi connectivity index (χ1v) is 9.91. The summed E-state index contributed by atoms with van der Waals surface area (Å²) in [5.41, 5.74) is 4.74. The van der Waals surface area contributed by atoms with Crippen molar-refractivity contribution in [3.05, 3.63) is 42.2 Å². The Hall–Kier alpha value is -3.42. The number of hydrogen-bond donors (Lipinski definition) is 4. The highest BCUT2D eigenvalue weighted by molar-refractivity contribution is 6.12. The number of nitrogens with one attached hydrogen (secondary N) is 3. The van der Waals surface area contributed by atoms with Gasteiger partial charge < -0.3 is 15.5 Å². The molecular weight excluding hydrogens is 368 g/mol. The summed E-state index contributed by atoms with van der Waals surface area (Å²) in [7, 11) is 0. The minimum Gasteiger partial charge on any atom is -0.411 e. The molecule has 1 aliphatic rings. The van der Waals surface area contributed by atoms with Crippen molar-refractivity contribution in [3.63, 3.8) is 0 Å². The highest BCUT2D eigenvalue weighted by Gasteiger charge is 2.26. The number of pyridine rings is 1. The first-order valence-electron chi connectivity index (χ1n) is 9.91. The second kappa shape index (κ2) is 8.30. The summed E-state index contributed by atoms with van der Waals surface area (Å²) in [5, 5.41) is 18.9. The van der Waals surface area contributed by atoms with Crippen LogP contribution in [0.5, 0.6) is 0 Å². The highest BCUT2D eigenvalue weighted by Crippen LogP contribution is 2.33. The number of rotatable bonds is 5. The number of carbonyl (C=O) groups is 1. The number of hydrogen-bond acceptors (Lipinski definition) is 5. The van der Waals surface area contributed by atoms with Crippen LogP contribution in [0.4, 0.5) is 10.7 Å². The zero-order chi connectivity index (χ0) is 20.2. The van der Waals surface area contributed by atoms with E-state index in [0.29, 0.717) is 23.7 Å². The van der Waals surface area contributed by atoms with Crippen LogP contribution in [0, 0.1) is 5.92 Å². The number of amides is 2. The fraction of sp³-hybridized carbons (Fsp3) is 0.333. The third-order valence-electron chi connectivity index (χ3n) is 5.28. The number of oxime groups is 1. The van der Waals surface area contributed by atoms with Crippen molar-refractivity contribution in [2.75, 3.05) is 11.9 Å². The molecule has 8 nitrogen and oxygen atoms in total. The van der Waals surface area contributed by atoms with Gasteiger partial charge in [-0.3, -0.25) is 10.3 Å². The molecule has 1 aliphatic carbocycles. The summed E-state index contributed by atoms with van der Waals surface area (Å²) in [4.78, 5) is 23.9. The molecule has 0 unspecified atom stereocenters. The summed E-state index contributed by atoms with van der Waals surface area (Å²) in [5.74, 6) is 0.545. The molecule has 0 saturated heterocycles. The first kappa shape index (κ1) is 18.9. The molecule has 3 aromatic rings. The molecule has 29 heavy (non-hydrogen) atoms. The highest BCUT2D eigenvalue weighted by atomic mass is 16.4. The van der Waals surface area contributed by atoms with Gasteiger partial charge in [-0.05, 0) is 43.5 Å². The number of imidazole rings is 1. The van der Waals surface area contributed by atoms with Crippen LogP contribution < -0.4 is 10.6 Å². The average Bonchev–Trinajstić information content (AvgIpc) is 3.39. The van der Waals surface area contributed by atoms with Crippen LogP contribution in [0.1, 0.15) is 38.2 Å². The number of H-pyrrole nitrogens is 1. The lowest BCUT2D eigenvalue weighted by Gasteiger charge is -2.13. The van der Waals surface area contributed by atoms with Crippen LogP contribution in [-0.2, 0) is 0 Å². The number of benzene rings is 1. The Bertz CT molecular complexity index is 1040. The van der Waals surface area contributed by atoms with Gasteiger partial charge in [0.15, 0.2) is 0 Å². The molecule has 0 atom stereocenters. The predicted molar refractivity (Wildman–Crippen MR) is 112 cm³/mol. The van der Waals surface area contributed by atoms with Crippen LogP contribution in [0.2, 0.25) is 0 Å². The zero-order valence-corrected chi connectivity index (χ0v) is 16.3. The maximum absolute atomic E-state index is 11.9. The summed E-state index contributed by atoms with van der Waals surface area (Å²) in [6, 6.07) is 7.49. The Morgan fingerprint density at radius 1 is 1.31 bits per heavy atom. The topological polar surface area (TPSA) is 115 Å². The smallest absolute Gasteiger partial charge is 0.321 e. The number of nitrogens with zero attached hydrogens (tertiary/aromatic N) is 3. The molecule has 2 heterocycles. The lowest BCUT2D eigenvalue weighted by Crippen LogP contribution is -2.28. The van der Waals surface area contributed by atoms with Gasteiger partial charge in [-0.1, -0.05) is 24.1 Å². The largest absolute Gasteiger partial charge is 0.411 e. The zero-order valence-electron chi connectivity index (χ0n) is 16.3. The second-order valence-electron chi connectivity index (χ2n) is 7.20. The van der Waals surface area contributed by atoms with Crippen molar-refractivity contribution in [1.82, 2.24) is 20.3 Å². The molecule has 1 aromatic carbocycles. The van der Waals surface area contributed by atoms with E-state index in [-0.39, 0.29) is 11.9 Å². The monoisotopic (exact) mass is 392 g/mol. The summed E-state index contributed by atoms with van der Waals surface area (Å²) < 4.78 is 0. The van der Waals surface area contributed by atoms with E-state index in [1.807, 2.05) is 31.2 Å². The van der Waals surface area contributed by atoms with Crippen molar-refractivity contribution in [3.8, 4) is 11.1 Å². The van der Waals surface area contributed by atoms with Crippen LogP contribution in [-0.4, -0.2) is 38.4 Å². The maximum Gasteiger partial charge on any atom is 0.321 e. The minimum atomic E-state index is -0.326. The third kappa shape index (κ3) is 3.91. The first-order chi connectivity index (χ1) is 14.2. The van der Waals surface area contributed by atoms with Crippen LogP contribution >= 0.6 is 0 Å². The van der Waals surface area contributed by atoms with Gasteiger partial charge in [0, 0.05) is 36.0 Å². The van der Waals surface area contributed by atoms with Gasteiger partial charge in [0.05, 0.1) is 16.7 Å². The van der Waals surface area contributed by atoms with Gasteiger partial charge in [-0.15, -0.1) is 0 Å². The number of anilines is 1. The molecule has 0 bridgehead atoms. The molecule has 2 aromatic heterocycles. The van der Waals surface area contributed by atoms with E-state index in [4.69, 9.17) is 0 Å². The molecule has 2 amide bonds. The van der Waals surface area contributed by atoms with Gasteiger partial charge >= 0.3 is 6.03 Å². The Balaban J connectivity index is 1.83. The molecule has 4 N–H and O–H groups in total. The van der Waals surface area contributed by atoms with Gasteiger partial charge in [-0.2, -0.15) is 0 Å². The van der Waals surface area contributed by atoms with E-state index in [1.54, 1.807) is 12.4 Å². The van der Waals surface area contributed by atoms with Crippen LogP contribution in [0.15, 0.2) is 41.8 Å². The van der Waals surface area contributed by atoms with E-state index in [1.165, 1.54) is 0 Å². The lowest BCUT2D eigenvalue weighted by molar-refractivity contribution is 0.252. The fourth-order valence-electron chi connectivity index (χ4n) is 3.94. The van der Waals surface area contributed by atoms with Crippen molar-refractivity contribution >= 4 is 28.7 Å². The van der Waals surface area contributed by atoms with Gasteiger partial charge in [0.25, 0.3) is 0 Å². The Labute approximate surface area is 168 Å². The normalized spacial score (nSPS) is 15.0. The summed E-state index contributed by atoms with van der Waals surface area (Å²) in [6.45, 7) is 2.37. The molecule has 0 radical (unpaired) electrons. The molecular formula is C21H24N6O2. The Kier molecular flexibility index (Phi) is 5.41. The van der Waals surface area contributed by atoms with Crippen LogP contribution in [0.3, 0.4) is 0 Å². The number of urea groups is 1. The van der Waals surface area contributed by atoms with Gasteiger partial charge in [0.2, 0.25) is 5.95 Å². The third-order valence-corrected chi connectivity index (χ3v) is 5.28. The molecule has 8 heteroatoms. The van der Waals surface area contributed by atoms with Crippen molar-refractivity contribution in [2.24, 2.45) is 11.1 Å².